The highest BCUT2D eigenvalue weighted by atomic mass is 35.5. The molecular formula is C18H18ClN3OS. The van der Waals surface area contributed by atoms with Crippen LogP contribution >= 0.6 is 22.9 Å². The van der Waals surface area contributed by atoms with Crippen molar-refractivity contribution in [2.45, 2.75) is 6.42 Å². The maximum Gasteiger partial charge on any atom is 0.263 e. The number of hydrogen-bond donors (Lipinski definition) is 1. The molecule has 1 N–H and O–H groups in total. The Morgan fingerprint density at radius 1 is 1.33 bits per heavy atom. The molecule has 0 aliphatic carbocycles. The number of rotatable bonds is 6. The van der Waals surface area contributed by atoms with Crippen LogP contribution in [0.15, 0.2) is 48.0 Å². The van der Waals surface area contributed by atoms with Gasteiger partial charge in [0.25, 0.3) is 5.91 Å². The number of carbonyl (C=O) groups excluding carboxylic acids is 1. The van der Waals surface area contributed by atoms with Gasteiger partial charge in [0.1, 0.15) is 0 Å². The van der Waals surface area contributed by atoms with Crippen molar-refractivity contribution in [2.75, 3.05) is 25.5 Å². The minimum Gasteiger partial charge on any atom is -0.384 e. The zero-order valence-electron chi connectivity index (χ0n) is 13.3. The van der Waals surface area contributed by atoms with E-state index >= 15 is 0 Å². The highest BCUT2D eigenvalue weighted by Crippen LogP contribution is 2.24. The van der Waals surface area contributed by atoms with E-state index in [2.05, 4.69) is 10.3 Å². The van der Waals surface area contributed by atoms with Gasteiger partial charge in [0, 0.05) is 42.4 Å². The van der Waals surface area contributed by atoms with Gasteiger partial charge in [0.15, 0.2) is 0 Å². The smallest absolute Gasteiger partial charge is 0.263 e. The van der Waals surface area contributed by atoms with Crippen LogP contribution in [0.1, 0.15) is 16.1 Å². The maximum absolute atomic E-state index is 12.2. The van der Waals surface area contributed by atoms with E-state index in [1.807, 2.05) is 48.8 Å². The lowest BCUT2D eigenvalue weighted by Crippen LogP contribution is -2.28. The monoisotopic (exact) mass is 359 g/mol. The minimum atomic E-state index is 0.0778. The van der Waals surface area contributed by atoms with E-state index in [0.717, 1.165) is 34.4 Å². The summed E-state index contributed by atoms with van der Waals surface area (Å²) in [5.74, 6) is 0.0778. The van der Waals surface area contributed by atoms with Crippen LogP contribution in [-0.2, 0) is 0 Å². The molecule has 1 amide bonds. The molecule has 0 atom stereocenters. The van der Waals surface area contributed by atoms with E-state index in [4.69, 9.17) is 11.6 Å². The Labute approximate surface area is 150 Å². The molecule has 3 aromatic rings. The highest BCUT2D eigenvalue weighted by Gasteiger charge is 2.11. The van der Waals surface area contributed by atoms with E-state index in [0.29, 0.717) is 11.6 Å². The second-order valence-corrected chi connectivity index (χ2v) is 6.89. The number of nitrogens with zero attached hydrogens (tertiary/aromatic N) is 2. The van der Waals surface area contributed by atoms with Crippen LogP contribution in [0.25, 0.3) is 10.9 Å². The average Bonchev–Trinajstić information content (AvgIpc) is 3.12. The predicted octanol–water partition coefficient (Wildman–Crippen LogP) is 4.52. The van der Waals surface area contributed by atoms with Crippen molar-refractivity contribution in [3.05, 3.63) is 57.9 Å². The van der Waals surface area contributed by atoms with Crippen molar-refractivity contribution in [1.82, 2.24) is 9.88 Å². The fourth-order valence-corrected chi connectivity index (χ4v) is 3.39. The Morgan fingerprint density at radius 2 is 2.21 bits per heavy atom. The maximum atomic E-state index is 12.2. The molecule has 0 spiro atoms. The number of carbonyl (C=O) groups is 1. The van der Waals surface area contributed by atoms with Crippen LogP contribution in [0.2, 0.25) is 5.02 Å². The standard InChI is InChI=1S/C18H18ClN3OS/c1-22(18(23)17-4-2-11-24-17)10-3-8-20-15-7-9-21-16-12-13(19)5-6-14(15)16/h2,4-7,9,11-12H,3,8,10H2,1H3,(H,20,21). The van der Waals surface area contributed by atoms with Crippen molar-refractivity contribution < 1.29 is 4.79 Å². The van der Waals surface area contributed by atoms with Crippen molar-refractivity contribution in [1.29, 1.82) is 0 Å². The molecule has 2 aromatic heterocycles. The summed E-state index contributed by atoms with van der Waals surface area (Å²) in [5, 5.41) is 7.07. The van der Waals surface area contributed by atoms with Gasteiger partial charge in [0.2, 0.25) is 0 Å². The molecule has 24 heavy (non-hydrogen) atoms. The quantitative estimate of drug-likeness (QED) is 0.658. The third-order valence-electron chi connectivity index (χ3n) is 3.77. The topological polar surface area (TPSA) is 45.2 Å². The number of hydrogen-bond acceptors (Lipinski definition) is 4. The minimum absolute atomic E-state index is 0.0778. The second kappa shape index (κ2) is 7.64. The summed E-state index contributed by atoms with van der Waals surface area (Å²) in [6.45, 7) is 1.49. The summed E-state index contributed by atoms with van der Waals surface area (Å²) >= 11 is 7.48. The number of benzene rings is 1. The number of amides is 1. The molecule has 124 valence electrons. The molecule has 6 heteroatoms. The summed E-state index contributed by atoms with van der Waals surface area (Å²) in [5.41, 5.74) is 1.90. The van der Waals surface area contributed by atoms with Crippen LogP contribution in [-0.4, -0.2) is 35.9 Å². The van der Waals surface area contributed by atoms with Crippen molar-refractivity contribution >= 4 is 45.4 Å². The van der Waals surface area contributed by atoms with Crippen LogP contribution < -0.4 is 5.32 Å². The molecule has 0 unspecified atom stereocenters. The fraction of sp³-hybridized carbons (Fsp3) is 0.222. The number of nitrogens with one attached hydrogen (secondary N) is 1. The first-order valence-corrected chi connectivity index (χ1v) is 8.98. The first-order valence-electron chi connectivity index (χ1n) is 7.72. The molecule has 2 heterocycles. The Hall–Kier alpha value is -2.11. The zero-order chi connectivity index (χ0) is 16.9. The molecule has 0 aliphatic rings. The number of fused-ring (bicyclic) bond motifs is 1. The summed E-state index contributed by atoms with van der Waals surface area (Å²) in [4.78, 5) is 19.0. The first kappa shape index (κ1) is 16.7. The lowest BCUT2D eigenvalue weighted by Gasteiger charge is -2.17. The van der Waals surface area contributed by atoms with Crippen LogP contribution in [0.5, 0.6) is 0 Å². The first-order chi connectivity index (χ1) is 11.6. The number of halogens is 1. The van der Waals surface area contributed by atoms with Crippen molar-refractivity contribution in [3.8, 4) is 0 Å². The normalized spacial score (nSPS) is 10.8. The van der Waals surface area contributed by atoms with Gasteiger partial charge in [0.05, 0.1) is 10.4 Å². The second-order valence-electron chi connectivity index (χ2n) is 5.50. The molecule has 3 rings (SSSR count). The van der Waals surface area contributed by atoms with Crippen LogP contribution in [0.3, 0.4) is 0 Å². The van der Waals surface area contributed by atoms with Crippen LogP contribution in [0.4, 0.5) is 5.69 Å². The van der Waals surface area contributed by atoms with Gasteiger partial charge in [-0.15, -0.1) is 11.3 Å². The van der Waals surface area contributed by atoms with Crippen molar-refractivity contribution in [2.24, 2.45) is 0 Å². The van der Waals surface area contributed by atoms with E-state index in [1.54, 1.807) is 11.1 Å². The number of pyridine rings is 1. The third kappa shape index (κ3) is 3.86. The Balaban J connectivity index is 1.54. The van der Waals surface area contributed by atoms with Gasteiger partial charge in [-0.1, -0.05) is 17.7 Å². The molecule has 0 bridgehead atoms. The lowest BCUT2D eigenvalue weighted by molar-refractivity contribution is 0.0799. The third-order valence-corrected chi connectivity index (χ3v) is 4.86. The fourth-order valence-electron chi connectivity index (χ4n) is 2.50. The van der Waals surface area contributed by atoms with Gasteiger partial charge in [-0.3, -0.25) is 9.78 Å². The Bertz CT molecular complexity index is 835. The summed E-state index contributed by atoms with van der Waals surface area (Å²) in [6.07, 6.45) is 2.64. The molecule has 0 saturated heterocycles. The van der Waals surface area contributed by atoms with Crippen LogP contribution in [0, 0.1) is 0 Å². The largest absolute Gasteiger partial charge is 0.384 e. The molecular weight excluding hydrogens is 342 g/mol. The SMILES string of the molecule is CN(CCCNc1ccnc2cc(Cl)ccc12)C(=O)c1cccs1. The van der Waals surface area contributed by atoms with Crippen molar-refractivity contribution in [3.63, 3.8) is 0 Å². The van der Waals surface area contributed by atoms with E-state index in [1.165, 1.54) is 11.3 Å². The van der Waals surface area contributed by atoms with E-state index in [-0.39, 0.29) is 5.91 Å². The Morgan fingerprint density at radius 3 is 3.00 bits per heavy atom. The summed E-state index contributed by atoms with van der Waals surface area (Å²) in [6, 6.07) is 11.4. The highest BCUT2D eigenvalue weighted by molar-refractivity contribution is 7.12. The van der Waals surface area contributed by atoms with Gasteiger partial charge in [-0.25, -0.2) is 0 Å². The Kier molecular flexibility index (Phi) is 5.33. The van der Waals surface area contributed by atoms with E-state index < -0.39 is 0 Å². The van der Waals surface area contributed by atoms with Gasteiger partial charge >= 0.3 is 0 Å². The van der Waals surface area contributed by atoms with Gasteiger partial charge in [-0.2, -0.15) is 0 Å². The van der Waals surface area contributed by atoms with E-state index in [9.17, 15) is 4.79 Å². The van der Waals surface area contributed by atoms with Gasteiger partial charge < -0.3 is 10.2 Å². The number of anilines is 1. The molecule has 0 aliphatic heterocycles. The number of aromatic nitrogens is 1. The molecule has 0 fully saturated rings. The average molecular weight is 360 g/mol. The summed E-state index contributed by atoms with van der Waals surface area (Å²) in [7, 11) is 1.84. The number of thiophene rings is 1. The zero-order valence-corrected chi connectivity index (χ0v) is 14.9. The molecule has 0 saturated carbocycles. The molecule has 0 radical (unpaired) electrons. The molecule has 4 nitrogen and oxygen atoms in total. The summed E-state index contributed by atoms with van der Waals surface area (Å²) < 4.78 is 0. The predicted molar refractivity (Wildman–Crippen MR) is 101 cm³/mol. The van der Waals surface area contributed by atoms with Gasteiger partial charge in [-0.05, 0) is 42.1 Å². The lowest BCUT2D eigenvalue weighted by atomic mass is 10.2. The molecule has 1 aromatic carbocycles.